The molecule has 0 bridgehead atoms. The number of halogens is 3. The topological polar surface area (TPSA) is 76.9 Å². The summed E-state index contributed by atoms with van der Waals surface area (Å²) in [5, 5.41) is 12.4. The molecule has 0 aliphatic heterocycles. The molecular formula is C21H17BrCl2N4O2S. The molecule has 0 aliphatic carbocycles. The molecule has 3 aromatic rings. The number of thioether (sulfide) groups is 1. The first-order valence-corrected chi connectivity index (χ1v) is 11.6. The summed E-state index contributed by atoms with van der Waals surface area (Å²) in [6, 6.07) is 11.8. The Morgan fingerprint density at radius 3 is 2.48 bits per heavy atom. The average molecular weight is 540 g/mol. The fourth-order valence-corrected chi connectivity index (χ4v) is 4.04. The van der Waals surface area contributed by atoms with E-state index in [1.807, 2.05) is 16.7 Å². The highest BCUT2D eigenvalue weighted by Crippen LogP contribution is 2.23. The molecule has 1 aromatic heterocycles. The molecule has 0 radical (unpaired) electrons. The minimum absolute atomic E-state index is 0.0138. The molecule has 160 valence electrons. The third kappa shape index (κ3) is 6.20. The van der Waals surface area contributed by atoms with E-state index in [-0.39, 0.29) is 24.0 Å². The highest BCUT2D eigenvalue weighted by atomic mass is 79.9. The molecule has 3 rings (SSSR count). The lowest BCUT2D eigenvalue weighted by atomic mass is 10.2. The number of aromatic nitrogens is 3. The van der Waals surface area contributed by atoms with Gasteiger partial charge < -0.3 is 9.88 Å². The van der Waals surface area contributed by atoms with Gasteiger partial charge in [0.05, 0.1) is 22.3 Å². The van der Waals surface area contributed by atoms with Crippen molar-refractivity contribution < 1.29 is 9.59 Å². The lowest BCUT2D eigenvalue weighted by molar-refractivity contribution is 0.0948. The first-order valence-electron chi connectivity index (χ1n) is 9.07. The monoisotopic (exact) mass is 538 g/mol. The van der Waals surface area contributed by atoms with Crippen LogP contribution in [0, 0.1) is 0 Å². The largest absolute Gasteiger partial charge is 0.345 e. The van der Waals surface area contributed by atoms with E-state index in [0.29, 0.717) is 38.7 Å². The summed E-state index contributed by atoms with van der Waals surface area (Å²) in [6.07, 6.45) is 1.70. The standard InChI is InChI=1S/C21H17BrCl2N4O2S/c1-2-9-28-19(11-25-20(30)14-5-8-16(23)17(24)10-14)26-27-21(28)31-12-18(29)13-3-6-15(22)7-4-13/h2-8,10H,1,9,11-12H2,(H,25,30). The van der Waals surface area contributed by atoms with Gasteiger partial charge in [-0.1, -0.05) is 69.1 Å². The van der Waals surface area contributed by atoms with Crippen LogP contribution in [0.2, 0.25) is 10.0 Å². The van der Waals surface area contributed by atoms with Crippen molar-refractivity contribution in [3.05, 3.63) is 86.6 Å². The number of nitrogens with zero attached hydrogens (tertiary/aromatic N) is 3. The molecule has 0 aliphatic rings. The SMILES string of the molecule is C=CCn1c(CNC(=O)c2ccc(Cl)c(Cl)c2)nnc1SCC(=O)c1ccc(Br)cc1. The number of nitrogens with one attached hydrogen (secondary N) is 1. The number of hydrogen-bond donors (Lipinski definition) is 1. The van der Waals surface area contributed by atoms with Crippen LogP contribution in [0.25, 0.3) is 0 Å². The lowest BCUT2D eigenvalue weighted by Gasteiger charge is -2.09. The number of ketones is 1. The number of benzene rings is 2. The van der Waals surface area contributed by atoms with E-state index < -0.39 is 0 Å². The van der Waals surface area contributed by atoms with Crippen LogP contribution in [-0.2, 0) is 13.1 Å². The zero-order valence-corrected chi connectivity index (χ0v) is 20.1. The average Bonchev–Trinajstić information content (AvgIpc) is 3.14. The molecule has 1 amide bonds. The third-order valence-electron chi connectivity index (χ3n) is 4.19. The van der Waals surface area contributed by atoms with Crippen LogP contribution in [0.15, 0.2) is 64.7 Å². The van der Waals surface area contributed by atoms with E-state index in [1.165, 1.54) is 17.8 Å². The predicted molar refractivity (Wildman–Crippen MR) is 127 cm³/mol. The minimum atomic E-state index is -0.314. The van der Waals surface area contributed by atoms with Crippen LogP contribution >= 0.6 is 50.9 Å². The first-order chi connectivity index (χ1) is 14.9. The molecule has 0 fully saturated rings. The predicted octanol–water partition coefficient (Wildman–Crippen LogP) is 5.44. The Labute approximate surface area is 202 Å². The van der Waals surface area contributed by atoms with Crippen LogP contribution in [0.5, 0.6) is 0 Å². The van der Waals surface area contributed by atoms with Gasteiger partial charge in [-0.15, -0.1) is 16.8 Å². The highest BCUT2D eigenvalue weighted by Gasteiger charge is 2.16. The van der Waals surface area contributed by atoms with Gasteiger partial charge in [0.15, 0.2) is 16.8 Å². The molecule has 0 unspecified atom stereocenters. The maximum atomic E-state index is 12.4. The number of hydrogen-bond acceptors (Lipinski definition) is 5. The Morgan fingerprint density at radius 1 is 1.10 bits per heavy atom. The van der Waals surface area contributed by atoms with Gasteiger partial charge in [0.25, 0.3) is 5.91 Å². The summed E-state index contributed by atoms with van der Waals surface area (Å²) in [4.78, 5) is 24.8. The van der Waals surface area contributed by atoms with E-state index in [2.05, 4.69) is 38.0 Å². The van der Waals surface area contributed by atoms with Crippen LogP contribution in [0.4, 0.5) is 0 Å². The quantitative estimate of drug-likeness (QED) is 0.222. The van der Waals surface area contributed by atoms with E-state index in [9.17, 15) is 9.59 Å². The third-order valence-corrected chi connectivity index (χ3v) is 6.43. The summed E-state index contributed by atoms with van der Waals surface area (Å²) in [7, 11) is 0. The molecule has 2 aromatic carbocycles. The second-order valence-corrected chi connectivity index (χ2v) is 9.00. The summed E-state index contributed by atoms with van der Waals surface area (Å²) < 4.78 is 2.72. The van der Waals surface area contributed by atoms with Crippen molar-refractivity contribution in [2.45, 2.75) is 18.2 Å². The molecule has 6 nitrogen and oxygen atoms in total. The lowest BCUT2D eigenvalue weighted by Crippen LogP contribution is -2.24. The van der Waals surface area contributed by atoms with Gasteiger partial charge in [0.1, 0.15) is 0 Å². The summed E-state index contributed by atoms with van der Waals surface area (Å²) >= 11 is 16.5. The smallest absolute Gasteiger partial charge is 0.251 e. The Kier molecular flexibility index (Phi) is 8.31. The van der Waals surface area contributed by atoms with E-state index in [1.54, 1.807) is 30.3 Å². The van der Waals surface area contributed by atoms with Crippen molar-refractivity contribution in [2.24, 2.45) is 0 Å². The molecule has 1 N–H and O–H groups in total. The molecule has 31 heavy (non-hydrogen) atoms. The van der Waals surface area contributed by atoms with Crippen LogP contribution in [0.3, 0.4) is 0 Å². The summed E-state index contributed by atoms with van der Waals surface area (Å²) in [5.74, 6) is 0.436. The van der Waals surface area contributed by atoms with Crippen LogP contribution in [0.1, 0.15) is 26.5 Å². The Bertz CT molecular complexity index is 1120. The molecule has 0 saturated carbocycles. The maximum absolute atomic E-state index is 12.4. The molecule has 0 atom stereocenters. The van der Waals surface area contributed by atoms with Crippen molar-refractivity contribution in [1.29, 1.82) is 0 Å². The fraction of sp³-hybridized carbons (Fsp3) is 0.143. The number of Topliss-reactive ketones (excluding diaryl/α,β-unsaturated/α-hetero) is 1. The molecular weight excluding hydrogens is 523 g/mol. The van der Waals surface area contributed by atoms with E-state index in [0.717, 1.165) is 4.47 Å². The van der Waals surface area contributed by atoms with E-state index in [4.69, 9.17) is 23.2 Å². The number of carbonyl (C=O) groups is 2. The minimum Gasteiger partial charge on any atom is -0.345 e. The first kappa shape index (κ1) is 23.5. The second kappa shape index (κ2) is 10.9. The molecule has 10 heteroatoms. The van der Waals surface area contributed by atoms with Crippen molar-refractivity contribution >= 4 is 62.6 Å². The fourth-order valence-electron chi connectivity index (χ4n) is 2.62. The number of carbonyl (C=O) groups excluding carboxylic acids is 2. The van der Waals surface area contributed by atoms with Gasteiger partial charge in [-0.05, 0) is 30.3 Å². The van der Waals surface area contributed by atoms with Crippen molar-refractivity contribution in [3.8, 4) is 0 Å². The highest BCUT2D eigenvalue weighted by molar-refractivity contribution is 9.10. The van der Waals surface area contributed by atoms with E-state index >= 15 is 0 Å². The van der Waals surface area contributed by atoms with Crippen LogP contribution < -0.4 is 5.32 Å². The Hall–Kier alpha value is -2.13. The van der Waals surface area contributed by atoms with Gasteiger partial charge in [-0.2, -0.15) is 0 Å². The van der Waals surface area contributed by atoms with Gasteiger partial charge in [-0.3, -0.25) is 9.59 Å². The molecule has 1 heterocycles. The van der Waals surface area contributed by atoms with Gasteiger partial charge >= 0.3 is 0 Å². The number of rotatable bonds is 9. The van der Waals surface area contributed by atoms with Gasteiger partial charge in [0, 0.05) is 22.1 Å². The normalized spacial score (nSPS) is 10.7. The van der Waals surface area contributed by atoms with Gasteiger partial charge in [-0.25, -0.2) is 0 Å². The van der Waals surface area contributed by atoms with Crippen molar-refractivity contribution in [2.75, 3.05) is 5.75 Å². The molecule has 0 saturated heterocycles. The van der Waals surface area contributed by atoms with Gasteiger partial charge in [0.2, 0.25) is 0 Å². The summed E-state index contributed by atoms with van der Waals surface area (Å²) in [6.45, 7) is 4.36. The second-order valence-electron chi connectivity index (χ2n) is 6.33. The number of allylic oxidation sites excluding steroid dienone is 1. The molecule has 0 spiro atoms. The maximum Gasteiger partial charge on any atom is 0.251 e. The zero-order valence-electron chi connectivity index (χ0n) is 16.1. The summed E-state index contributed by atoms with van der Waals surface area (Å²) in [5.41, 5.74) is 1.01. The number of amides is 1. The Morgan fingerprint density at radius 2 is 1.81 bits per heavy atom. The zero-order chi connectivity index (χ0) is 22.4. The van der Waals surface area contributed by atoms with Crippen molar-refractivity contribution in [3.63, 3.8) is 0 Å². The van der Waals surface area contributed by atoms with Crippen LogP contribution in [-0.4, -0.2) is 32.2 Å². The van der Waals surface area contributed by atoms with Crippen molar-refractivity contribution in [1.82, 2.24) is 20.1 Å². The Balaban J connectivity index is 1.66.